The summed E-state index contributed by atoms with van der Waals surface area (Å²) in [5.74, 6) is 1.11. The summed E-state index contributed by atoms with van der Waals surface area (Å²) in [5, 5.41) is 2.84. The molecule has 1 N–H and O–H groups in total. The number of rotatable bonds is 6. The van der Waals surface area contributed by atoms with Crippen molar-refractivity contribution in [2.75, 3.05) is 16.9 Å². The van der Waals surface area contributed by atoms with Gasteiger partial charge in [0.15, 0.2) is 0 Å². The molecule has 1 aromatic carbocycles. The molecule has 0 aromatic heterocycles. The van der Waals surface area contributed by atoms with Gasteiger partial charge in [-0.05, 0) is 12.1 Å². The fourth-order valence-electron chi connectivity index (χ4n) is 1.14. The van der Waals surface area contributed by atoms with Crippen LogP contribution in [0.2, 0.25) is 0 Å². The van der Waals surface area contributed by atoms with Gasteiger partial charge in [-0.2, -0.15) is 0 Å². The number of hydrogen-bond acceptors (Lipinski definition) is 2. The lowest BCUT2D eigenvalue weighted by Crippen LogP contribution is -2.12. The van der Waals surface area contributed by atoms with Gasteiger partial charge >= 0.3 is 0 Å². The van der Waals surface area contributed by atoms with E-state index in [0.29, 0.717) is 12.3 Å². The molecule has 1 amide bonds. The van der Waals surface area contributed by atoms with Crippen LogP contribution < -0.4 is 5.32 Å². The van der Waals surface area contributed by atoms with Gasteiger partial charge in [0.25, 0.3) is 0 Å². The van der Waals surface area contributed by atoms with E-state index in [1.807, 2.05) is 30.3 Å². The van der Waals surface area contributed by atoms with Crippen LogP contribution in [0.4, 0.5) is 5.69 Å². The number of anilines is 1. The van der Waals surface area contributed by atoms with E-state index >= 15 is 0 Å². The van der Waals surface area contributed by atoms with E-state index in [1.165, 1.54) is 0 Å². The molecule has 0 aliphatic heterocycles. The molecule has 0 heterocycles. The topological polar surface area (TPSA) is 29.1 Å². The van der Waals surface area contributed by atoms with Crippen molar-refractivity contribution in [2.24, 2.45) is 0 Å². The normalized spacial score (nSPS) is 9.81. The molecule has 0 radical (unpaired) electrons. The number of halogens is 1. The van der Waals surface area contributed by atoms with Crippen LogP contribution in [0.25, 0.3) is 0 Å². The highest BCUT2D eigenvalue weighted by Crippen LogP contribution is 2.26. The zero-order valence-corrected chi connectivity index (χ0v) is 10.5. The minimum atomic E-state index is -0.0540. The number of para-hydroxylation sites is 1. The van der Waals surface area contributed by atoms with Gasteiger partial charge in [-0.1, -0.05) is 18.2 Å². The summed E-state index contributed by atoms with van der Waals surface area (Å²) in [6, 6.07) is 7.71. The van der Waals surface area contributed by atoms with Crippen LogP contribution in [0, 0.1) is 0 Å². The first kappa shape index (κ1) is 13.1. The third-order valence-corrected chi connectivity index (χ3v) is 3.10. The van der Waals surface area contributed by atoms with Gasteiger partial charge in [-0.3, -0.25) is 4.79 Å². The fraction of sp³-hybridized carbons (Fsp3) is 0.250. The quantitative estimate of drug-likeness (QED) is 0.479. The predicted octanol–water partition coefficient (Wildman–Crippen LogP) is 3.53. The van der Waals surface area contributed by atoms with Crippen LogP contribution in [0.15, 0.2) is 41.8 Å². The molecule has 0 aliphatic carbocycles. The zero-order valence-electron chi connectivity index (χ0n) is 8.91. The first-order chi connectivity index (χ1) is 7.77. The maximum Gasteiger partial charge on any atom is 0.225 e. The summed E-state index contributed by atoms with van der Waals surface area (Å²) in [6.45, 7) is 3.67. The molecule has 86 valence electrons. The first-order valence-electron chi connectivity index (χ1n) is 4.96. The minimum Gasteiger partial charge on any atom is -0.325 e. The molecule has 0 saturated carbocycles. The lowest BCUT2D eigenvalue weighted by Gasteiger charge is -2.09. The Balaban J connectivity index is 2.70. The van der Waals surface area contributed by atoms with Gasteiger partial charge in [-0.15, -0.1) is 29.9 Å². The minimum absolute atomic E-state index is 0.0540. The Labute approximate surface area is 105 Å². The number of carbonyl (C=O) groups excluding carboxylic acids is 1. The summed E-state index contributed by atoms with van der Waals surface area (Å²) in [6.07, 6.45) is 2.17. The summed E-state index contributed by atoms with van der Waals surface area (Å²) in [5.41, 5.74) is 0.837. The van der Waals surface area contributed by atoms with Crippen molar-refractivity contribution >= 4 is 35.0 Å². The van der Waals surface area contributed by atoms with Crippen molar-refractivity contribution < 1.29 is 4.79 Å². The van der Waals surface area contributed by atoms with Crippen LogP contribution >= 0.6 is 23.4 Å². The fourth-order valence-corrected chi connectivity index (χ4v) is 2.06. The second-order valence-corrected chi connectivity index (χ2v) is 4.52. The number of hydrogen-bond donors (Lipinski definition) is 1. The molecule has 0 aliphatic rings. The van der Waals surface area contributed by atoms with Crippen molar-refractivity contribution in [3.8, 4) is 0 Å². The van der Waals surface area contributed by atoms with E-state index in [4.69, 9.17) is 11.6 Å². The number of benzene rings is 1. The largest absolute Gasteiger partial charge is 0.325 e. The molecule has 0 spiro atoms. The van der Waals surface area contributed by atoms with Gasteiger partial charge in [-0.25, -0.2) is 0 Å². The molecule has 0 fully saturated rings. The number of alkyl halides is 1. The first-order valence-corrected chi connectivity index (χ1v) is 6.48. The van der Waals surface area contributed by atoms with Crippen molar-refractivity contribution in [3.63, 3.8) is 0 Å². The maximum atomic E-state index is 11.4. The Morgan fingerprint density at radius 3 is 2.94 bits per heavy atom. The zero-order chi connectivity index (χ0) is 11.8. The van der Waals surface area contributed by atoms with Crippen LogP contribution in [0.3, 0.4) is 0 Å². The highest BCUT2D eigenvalue weighted by atomic mass is 35.5. The third kappa shape index (κ3) is 4.29. The summed E-state index contributed by atoms with van der Waals surface area (Å²) < 4.78 is 0. The summed E-state index contributed by atoms with van der Waals surface area (Å²) >= 11 is 7.15. The number of amides is 1. The van der Waals surface area contributed by atoms with Crippen LogP contribution in [-0.2, 0) is 4.79 Å². The number of nitrogens with one attached hydrogen (secondary N) is 1. The molecule has 4 heteroatoms. The van der Waals surface area contributed by atoms with Gasteiger partial charge in [0.2, 0.25) is 5.91 Å². The summed E-state index contributed by atoms with van der Waals surface area (Å²) in [4.78, 5) is 12.5. The molecule has 0 unspecified atom stereocenters. The molecule has 16 heavy (non-hydrogen) atoms. The standard InChI is InChI=1S/C12H14ClNOS/c1-2-9-16-11-6-4-3-5-10(11)14-12(15)7-8-13/h2-6H,1,7-9H2,(H,14,15). The Morgan fingerprint density at radius 2 is 2.25 bits per heavy atom. The van der Waals surface area contributed by atoms with Gasteiger partial charge in [0.1, 0.15) is 0 Å². The summed E-state index contributed by atoms with van der Waals surface area (Å²) in [7, 11) is 0. The lowest BCUT2D eigenvalue weighted by atomic mass is 10.3. The van der Waals surface area contributed by atoms with Crippen molar-refractivity contribution in [1.82, 2.24) is 0 Å². The van der Waals surface area contributed by atoms with Crippen molar-refractivity contribution in [1.29, 1.82) is 0 Å². The second kappa shape index (κ2) is 7.36. The molecule has 1 aromatic rings. The van der Waals surface area contributed by atoms with Crippen molar-refractivity contribution in [3.05, 3.63) is 36.9 Å². The highest BCUT2D eigenvalue weighted by molar-refractivity contribution is 7.99. The van der Waals surface area contributed by atoms with E-state index in [1.54, 1.807) is 11.8 Å². The van der Waals surface area contributed by atoms with E-state index in [9.17, 15) is 4.79 Å². The SMILES string of the molecule is C=CCSc1ccccc1NC(=O)CCCl. The Morgan fingerprint density at radius 1 is 1.50 bits per heavy atom. The number of thioether (sulfide) groups is 1. The highest BCUT2D eigenvalue weighted by Gasteiger charge is 2.05. The monoisotopic (exact) mass is 255 g/mol. The van der Waals surface area contributed by atoms with Gasteiger partial charge in [0.05, 0.1) is 5.69 Å². The average molecular weight is 256 g/mol. The molecular formula is C12H14ClNOS. The third-order valence-electron chi connectivity index (χ3n) is 1.84. The van der Waals surface area contributed by atoms with Crippen molar-refractivity contribution in [2.45, 2.75) is 11.3 Å². The van der Waals surface area contributed by atoms with Gasteiger partial charge < -0.3 is 5.32 Å². The van der Waals surface area contributed by atoms with E-state index in [2.05, 4.69) is 11.9 Å². The maximum absolute atomic E-state index is 11.4. The lowest BCUT2D eigenvalue weighted by molar-refractivity contribution is -0.115. The Hall–Kier alpha value is -0.930. The Kier molecular flexibility index (Phi) is 6.04. The number of carbonyl (C=O) groups is 1. The smallest absolute Gasteiger partial charge is 0.225 e. The predicted molar refractivity (Wildman–Crippen MR) is 71.3 cm³/mol. The van der Waals surface area contributed by atoms with Gasteiger partial charge in [0, 0.05) is 22.9 Å². The molecule has 0 bridgehead atoms. The molecular weight excluding hydrogens is 242 g/mol. The van der Waals surface area contributed by atoms with E-state index in [0.717, 1.165) is 16.3 Å². The molecule has 0 atom stereocenters. The molecule has 0 saturated heterocycles. The molecule has 2 nitrogen and oxygen atoms in total. The van der Waals surface area contributed by atoms with Crippen LogP contribution in [0.5, 0.6) is 0 Å². The van der Waals surface area contributed by atoms with Crippen LogP contribution in [0.1, 0.15) is 6.42 Å². The molecule has 1 rings (SSSR count). The Bertz CT molecular complexity index is 368. The van der Waals surface area contributed by atoms with Crippen LogP contribution in [-0.4, -0.2) is 17.5 Å². The van der Waals surface area contributed by atoms with E-state index < -0.39 is 0 Å². The van der Waals surface area contributed by atoms with E-state index in [-0.39, 0.29) is 5.91 Å². The second-order valence-electron chi connectivity index (χ2n) is 3.08. The average Bonchev–Trinajstić information content (AvgIpc) is 2.28.